The minimum Gasteiger partial charge on any atom is -0.493 e. The Kier molecular flexibility index (Phi) is 1.68. The first-order chi connectivity index (χ1) is 7.33. The average molecular weight is 201 g/mol. The van der Waals surface area contributed by atoms with Crippen molar-refractivity contribution in [1.82, 2.24) is 10.2 Å². The number of nitrogens with two attached hydrogens (primary N) is 1. The summed E-state index contributed by atoms with van der Waals surface area (Å²) in [6.07, 6.45) is 1.00. The van der Waals surface area contributed by atoms with Crippen LogP contribution in [0.3, 0.4) is 0 Å². The molecular formula is C11H11N3O. The van der Waals surface area contributed by atoms with Crippen LogP contribution >= 0.6 is 0 Å². The van der Waals surface area contributed by atoms with Crippen molar-refractivity contribution < 1.29 is 4.74 Å². The van der Waals surface area contributed by atoms with Gasteiger partial charge in [-0.15, -0.1) is 0 Å². The summed E-state index contributed by atoms with van der Waals surface area (Å²) in [7, 11) is 0. The molecule has 0 fully saturated rings. The van der Waals surface area contributed by atoms with Crippen LogP contribution < -0.4 is 10.5 Å². The largest absolute Gasteiger partial charge is 0.493 e. The summed E-state index contributed by atoms with van der Waals surface area (Å²) in [5, 5.41) is 6.78. The number of aromatic nitrogens is 2. The number of H-pyrrole nitrogens is 1. The summed E-state index contributed by atoms with van der Waals surface area (Å²) in [5.74, 6) is 1.48. The summed E-state index contributed by atoms with van der Waals surface area (Å²) in [5.41, 5.74) is 8.80. The minimum absolute atomic E-state index is 0.506. The van der Waals surface area contributed by atoms with Gasteiger partial charge in [0.15, 0.2) is 0 Å². The molecule has 2 aromatic rings. The van der Waals surface area contributed by atoms with Gasteiger partial charge in [0.25, 0.3) is 0 Å². The number of aromatic amines is 1. The maximum absolute atomic E-state index is 5.56. The Balaban J connectivity index is 2.06. The van der Waals surface area contributed by atoms with E-state index < -0.39 is 0 Å². The fourth-order valence-corrected chi connectivity index (χ4v) is 1.82. The van der Waals surface area contributed by atoms with Crippen LogP contribution in [0.1, 0.15) is 5.56 Å². The number of nitrogen functional groups attached to an aromatic ring is 1. The highest BCUT2D eigenvalue weighted by molar-refractivity contribution is 5.65. The molecule has 0 atom stereocenters. The van der Waals surface area contributed by atoms with Crippen molar-refractivity contribution in [2.75, 3.05) is 12.3 Å². The van der Waals surface area contributed by atoms with Gasteiger partial charge in [-0.05, 0) is 11.6 Å². The first kappa shape index (κ1) is 8.35. The molecule has 4 nitrogen and oxygen atoms in total. The lowest BCUT2D eigenvalue weighted by molar-refractivity contribution is 0.357. The van der Waals surface area contributed by atoms with Gasteiger partial charge in [0.2, 0.25) is 0 Å². The van der Waals surface area contributed by atoms with Crippen molar-refractivity contribution >= 4 is 5.82 Å². The molecule has 4 heteroatoms. The molecule has 2 heterocycles. The van der Waals surface area contributed by atoms with Crippen LogP contribution in [-0.4, -0.2) is 16.8 Å². The zero-order valence-corrected chi connectivity index (χ0v) is 8.16. The normalized spacial score (nSPS) is 13.6. The molecule has 3 rings (SSSR count). The van der Waals surface area contributed by atoms with Crippen molar-refractivity contribution in [1.29, 1.82) is 0 Å². The summed E-state index contributed by atoms with van der Waals surface area (Å²) in [6.45, 7) is 0.782. The van der Waals surface area contributed by atoms with Crippen LogP contribution in [0, 0.1) is 0 Å². The first-order valence-corrected chi connectivity index (χ1v) is 4.90. The van der Waals surface area contributed by atoms with E-state index in [4.69, 9.17) is 10.5 Å². The van der Waals surface area contributed by atoms with E-state index in [9.17, 15) is 0 Å². The van der Waals surface area contributed by atoms with Crippen molar-refractivity contribution in [3.05, 3.63) is 29.8 Å². The van der Waals surface area contributed by atoms with Gasteiger partial charge < -0.3 is 10.5 Å². The molecule has 0 saturated carbocycles. The Morgan fingerprint density at radius 2 is 2.27 bits per heavy atom. The smallest absolute Gasteiger partial charge is 0.145 e. The van der Waals surface area contributed by atoms with Gasteiger partial charge in [-0.2, -0.15) is 5.10 Å². The molecule has 0 saturated heterocycles. The molecule has 0 unspecified atom stereocenters. The number of ether oxygens (including phenoxy) is 1. The highest BCUT2D eigenvalue weighted by Crippen LogP contribution is 2.30. The number of hydrogen-bond donors (Lipinski definition) is 2. The quantitative estimate of drug-likeness (QED) is 0.736. The molecule has 1 aliphatic heterocycles. The average Bonchev–Trinajstić information content (AvgIpc) is 2.84. The molecule has 76 valence electrons. The predicted molar refractivity (Wildman–Crippen MR) is 57.6 cm³/mol. The van der Waals surface area contributed by atoms with Gasteiger partial charge in [-0.1, -0.05) is 12.1 Å². The Morgan fingerprint density at radius 3 is 3.07 bits per heavy atom. The van der Waals surface area contributed by atoms with Crippen molar-refractivity contribution in [2.45, 2.75) is 6.42 Å². The van der Waals surface area contributed by atoms with Crippen LogP contribution in [-0.2, 0) is 6.42 Å². The zero-order valence-electron chi connectivity index (χ0n) is 8.16. The van der Waals surface area contributed by atoms with Crippen LogP contribution in [0.4, 0.5) is 5.82 Å². The topological polar surface area (TPSA) is 63.9 Å². The van der Waals surface area contributed by atoms with E-state index in [1.807, 2.05) is 12.1 Å². The molecule has 0 bridgehead atoms. The summed E-state index contributed by atoms with van der Waals surface area (Å²) >= 11 is 0. The fourth-order valence-electron chi connectivity index (χ4n) is 1.82. The second-order valence-electron chi connectivity index (χ2n) is 3.63. The van der Waals surface area contributed by atoms with E-state index in [1.165, 1.54) is 5.56 Å². The van der Waals surface area contributed by atoms with E-state index in [2.05, 4.69) is 22.3 Å². The number of hydrogen-bond acceptors (Lipinski definition) is 3. The Morgan fingerprint density at radius 1 is 1.33 bits per heavy atom. The molecule has 0 radical (unpaired) electrons. The van der Waals surface area contributed by atoms with E-state index in [-0.39, 0.29) is 0 Å². The van der Waals surface area contributed by atoms with Crippen LogP contribution in [0.25, 0.3) is 11.3 Å². The predicted octanol–water partition coefficient (Wildman–Crippen LogP) is 1.59. The lowest BCUT2D eigenvalue weighted by Gasteiger charge is -2.01. The fraction of sp³-hybridized carbons (Fsp3) is 0.182. The monoisotopic (exact) mass is 201 g/mol. The lowest BCUT2D eigenvalue weighted by atomic mass is 10.1. The van der Waals surface area contributed by atoms with Gasteiger partial charge in [0.1, 0.15) is 11.6 Å². The third-order valence-electron chi connectivity index (χ3n) is 2.60. The van der Waals surface area contributed by atoms with Crippen molar-refractivity contribution in [2.24, 2.45) is 0 Å². The van der Waals surface area contributed by atoms with Gasteiger partial charge in [0, 0.05) is 18.1 Å². The first-order valence-electron chi connectivity index (χ1n) is 4.90. The van der Waals surface area contributed by atoms with Gasteiger partial charge in [-0.25, -0.2) is 0 Å². The summed E-state index contributed by atoms with van der Waals surface area (Å²) in [6, 6.07) is 7.99. The van der Waals surface area contributed by atoms with Crippen LogP contribution in [0.15, 0.2) is 24.3 Å². The Hall–Kier alpha value is -1.97. The number of fused-ring (bicyclic) bond motifs is 1. The zero-order chi connectivity index (χ0) is 10.3. The van der Waals surface area contributed by atoms with Gasteiger partial charge in [-0.3, -0.25) is 5.10 Å². The SMILES string of the molecule is Nc1cc(-c2ccc3c(c2)OCC3)[nH]n1. The van der Waals surface area contributed by atoms with Crippen molar-refractivity contribution in [3.63, 3.8) is 0 Å². The van der Waals surface area contributed by atoms with Gasteiger partial charge >= 0.3 is 0 Å². The Bertz CT molecular complexity index is 504. The summed E-state index contributed by atoms with van der Waals surface area (Å²) in [4.78, 5) is 0. The Labute approximate surface area is 87.1 Å². The second-order valence-corrected chi connectivity index (χ2v) is 3.63. The van der Waals surface area contributed by atoms with E-state index >= 15 is 0 Å². The van der Waals surface area contributed by atoms with E-state index in [0.717, 1.165) is 30.0 Å². The number of nitrogens with zero attached hydrogens (tertiary/aromatic N) is 1. The molecule has 1 aliphatic rings. The highest BCUT2D eigenvalue weighted by atomic mass is 16.5. The van der Waals surface area contributed by atoms with Gasteiger partial charge in [0.05, 0.1) is 12.3 Å². The minimum atomic E-state index is 0.506. The number of nitrogens with one attached hydrogen (secondary N) is 1. The lowest BCUT2D eigenvalue weighted by Crippen LogP contribution is -1.86. The molecule has 0 aliphatic carbocycles. The second kappa shape index (κ2) is 3.02. The number of rotatable bonds is 1. The third kappa shape index (κ3) is 1.34. The summed E-state index contributed by atoms with van der Waals surface area (Å²) < 4.78 is 5.50. The maximum atomic E-state index is 5.56. The van der Waals surface area contributed by atoms with E-state index in [1.54, 1.807) is 0 Å². The molecule has 1 aromatic carbocycles. The van der Waals surface area contributed by atoms with E-state index in [0.29, 0.717) is 5.82 Å². The number of benzene rings is 1. The van der Waals surface area contributed by atoms with Crippen LogP contribution in [0.5, 0.6) is 5.75 Å². The molecule has 3 N–H and O–H groups in total. The standard InChI is InChI=1S/C11H11N3O/c12-11-6-9(13-14-11)8-2-1-7-3-4-15-10(7)5-8/h1-2,5-6H,3-4H2,(H3,12,13,14). The molecule has 0 amide bonds. The number of anilines is 1. The van der Waals surface area contributed by atoms with Crippen LogP contribution in [0.2, 0.25) is 0 Å². The molecule has 1 aromatic heterocycles. The third-order valence-corrected chi connectivity index (χ3v) is 2.60. The molecule has 0 spiro atoms. The molecular weight excluding hydrogens is 190 g/mol. The maximum Gasteiger partial charge on any atom is 0.145 e. The van der Waals surface area contributed by atoms with Crippen molar-refractivity contribution in [3.8, 4) is 17.0 Å². The highest BCUT2D eigenvalue weighted by Gasteiger charge is 2.13. The molecule has 15 heavy (non-hydrogen) atoms.